The van der Waals surface area contributed by atoms with E-state index in [1.54, 1.807) is 0 Å². The molecule has 0 spiro atoms. The van der Waals surface area contributed by atoms with Crippen LogP contribution in [0.25, 0.3) is 0 Å². The van der Waals surface area contributed by atoms with Crippen molar-refractivity contribution >= 4 is 21.8 Å². The van der Waals surface area contributed by atoms with Crippen molar-refractivity contribution in [2.75, 3.05) is 20.3 Å². The Balaban J connectivity index is 2.27. The number of benzene rings is 1. The normalized spacial score (nSPS) is 12.2. The zero-order valence-corrected chi connectivity index (χ0v) is 11.9. The second-order valence-corrected chi connectivity index (χ2v) is 4.86. The van der Waals surface area contributed by atoms with Crippen LogP contribution in [0.15, 0.2) is 28.7 Å². The van der Waals surface area contributed by atoms with E-state index in [9.17, 15) is 9.90 Å². The average molecular weight is 316 g/mol. The van der Waals surface area contributed by atoms with Gasteiger partial charge in [-0.05, 0) is 18.1 Å². The Morgan fingerprint density at radius 1 is 1.50 bits per heavy atom. The van der Waals surface area contributed by atoms with Crippen LogP contribution >= 0.6 is 15.9 Å². The van der Waals surface area contributed by atoms with E-state index in [1.165, 1.54) is 7.11 Å². The number of carbonyl (C=O) groups is 1. The van der Waals surface area contributed by atoms with Gasteiger partial charge in [0.25, 0.3) is 0 Å². The Labute approximate surface area is 115 Å². The van der Waals surface area contributed by atoms with Gasteiger partial charge < -0.3 is 15.2 Å². The van der Waals surface area contributed by atoms with E-state index in [1.807, 2.05) is 24.3 Å². The van der Waals surface area contributed by atoms with Gasteiger partial charge in [-0.15, -0.1) is 0 Å². The summed E-state index contributed by atoms with van der Waals surface area (Å²) in [5, 5.41) is 12.1. The third kappa shape index (κ3) is 5.62. The van der Waals surface area contributed by atoms with Crippen LogP contribution in [0.4, 0.5) is 0 Å². The fourth-order valence-corrected chi connectivity index (χ4v) is 2.00. The van der Waals surface area contributed by atoms with Crippen LogP contribution in [0, 0.1) is 0 Å². The van der Waals surface area contributed by atoms with E-state index in [2.05, 4.69) is 21.2 Å². The van der Waals surface area contributed by atoms with Crippen LogP contribution < -0.4 is 5.32 Å². The van der Waals surface area contributed by atoms with Crippen molar-refractivity contribution in [3.63, 3.8) is 0 Å². The van der Waals surface area contributed by atoms with Gasteiger partial charge in [0, 0.05) is 24.5 Å². The number of methoxy groups -OCH3 is 1. The average Bonchev–Trinajstić information content (AvgIpc) is 2.36. The number of ether oxygens (including phenoxy) is 1. The maximum Gasteiger partial charge on any atom is 0.220 e. The van der Waals surface area contributed by atoms with Crippen molar-refractivity contribution < 1.29 is 14.6 Å². The highest BCUT2D eigenvalue weighted by Crippen LogP contribution is 2.17. The van der Waals surface area contributed by atoms with Crippen LogP contribution in [0.1, 0.15) is 12.0 Å². The molecule has 1 rings (SSSR count). The lowest BCUT2D eigenvalue weighted by atomic mass is 10.1. The fourth-order valence-electron chi connectivity index (χ4n) is 1.52. The number of hydrogen-bond acceptors (Lipinski definition) is 3. The molecule has 0 radical (unpaired) electrons. The number of hydrogen-bond donors (Lipinski definition) is 2. The molecule has 4 nitrogen and oxygen atoms in total. The van der Waals surface area contributed by atoms with E-state index >= 15 is 0 Å². The summed E-state index contributed by atoms with van der Waals surface area (Å²) in [7, 11) is 1.51. The van der Waals surface area contributed by atoms with Gasteiger partial charge in [0.2, 0.25) is 5.91 Å². The summed E-state index contributed by atoms with van der Waals surface area (Å²) in [6.07, 6.45) is 0.429. The number of nitrogens with one attached hydrogen (secondary N) is 1. The van der Waals surface area contributed by atoms with Crippen molar-refractivity contribution in [3.05, 3.63) is 34.3 Å². The highest BCUT2D eigenvalue weighted by molar-refractivity contribution is 9.10. The Morgan fingerprint density at radius 2 is 2.22 bits per heavy atom. The first-order chi connectivity index (χ1) is 8.63. The summed E-state index contributed by atoms with van der Waals surface area (Å²) >= 11 is 3.44. The third-order valence-electron chi connectivity index (χ3n) is 2.47. The molecule has 0 aliphatic heterocycles. The first-order valence-electron chi connectivity index (χ1n) is 5.80. The SMILES string of the molecule is COCC(O)CNC(=O)CCc1ccccc1Br. The monoisotopic (exact) mass is 315 g/mol. The van der Waals surface area contributed by atoms with Gasteiger partial charge in [-0.2, -0.15) is 0 Å². The molecular formula is C13H18BrNO3. The van der Waals surface area contributed by atoms with Crippen molar-refractivity contribution in [1.82, 2.24) is 5.32 Å². The fraction of sp³-hybridized carbons (Fsp3) is 0.462. The molecule has 0 aliphatic carbocycles. The summed E-state index contributed by atoms with van der Waals surface area (Å²) < 4.78 is 5.78. The summed E-state index contributed by atoms with van der Waals surface area (Å²) in [5.74, 6) is -0.0686. The lowest BCUT2D eigenvalue weighted by Crippen LogP contribution is -2.34. The number of aliphatic hydroxyl groups excluding tert-OH is 1. The number of aryl methyl sites for hydroxylation is 1. The smallest absolute Gasteiger partial charge is 0.220 e. The van der Waals surface area contributed by atoms with Gasteiger partial charge in [0.15, 0.2) is 0 Å². The zero-order chi connectivity index (χ0) is 13.4. The molecule has 0 heterocycles. The van der Waals surface area contributed by atoms with Crippen LogP contribution in [-0.4, -0.2) is 37.4 Å². The topological polar surface area (TPSA) is 58.6 Å². The molecule has 5 heteroatoms. The first-order valence-corrected chi connectivity index (χ1v) is 6.60. The number of rotatable bonds is 7. The summed E-state index contributed by atoms with van der Waals surface area (Å²) in [6, 6.07) is 7.82. The molecule has 0 aromatic heterocycles. The molecule has 0 saturated heterocycles. The van der Waals surface area contributed by atoms with Crippen LogP contribution in [0.2, 0.25) is 0 Å². The predicted octanol–water partition coefficient (Wildman–Crippen LogP) is 1.51. The predicted molar refractivity (Wildman–Crippen MR) is 73.4 cm³/mol. The van der Waals surface area contributed by atoms with E-state index in [-0.39, 0.29) is 19.1 Å². The third-order valence-corrected chi connectivity index (χ3v) is 3.25. The molecule has 1 aromatic carbocycles. The second-order valence-electron chi connectivity index (χ2n) is 4.00. The van der Waals surface area contributed by atoms with Crippen molar-refractivity contribution in [2.45, 2.75) is 18.9 Å². The summed E-state index contributed by atoms with van der Waals surface area (Å²) in [4.78, 5) is 11.6. The molecule has 0 fully saturated rings. The van der Waals surface area contributed by atoms with Gasteiger partial charge in [-0.3, -0.25) is 4.79 Å². The Hall–Kier alpha value is -0.910. The van der Waals surface area contributed by atoms with E-state index in [0.717, 1.165) is 10.0 Å². The molecule has 0 aliphatic rings. The van der Waals surface area contributed by atoms with Gasteiger partial charge in [0.1, 0.15) is 0 Å². The van der Waals surface area contributed by atoms with Crippen LogP contribution in [0.5, 0.6) is 0 Å². The molecule has 1 amide bonds. The first kappa shape index (κ1) is 15.1. The summed E-state index contributed by atoms with van der Waals surface area (Å²) in [5.41, 5.74) is 1.10. The number of carbonyl (C=O) groups excluding carboxylic acids is 1. The number of halogens is 1. The van der Waals surface area contributed by atoms with Gasteiger partial charge in [-0.1, -0.05) is 34.1 Å². The Bertz CT molecular complexity index is 384. The molecule has 2 N–H and O–H groups in total. The molecule has 0 bridgehead atoms. The van der Waals surface area contributed by atoms with Crippen LogP contribution in [-0.2, 0) is 16.0 Å². The van der Waals surface area contributed by atoms with Gasteiger partial charge in [0.05, 0.1) is 12.7 Å². The van der Waals surface area contributed by atoms with E-state index < -0.39 is 6.10 Å². The molecule has 1 unspecified atom stereocenters. The molecule has 1 aromatic rings. The lowest BCUT2D eigenvalue weighted by molar-refractivity contribution is -0.121. The van der Waals surface area contributed by atoms with E-state index in [4.69, 9.17) is 4.74 Å². The minimum Gasteiger partial charge on any atom is -0.389 e. The molecule has 0 saturated carbocycles. The van der Waals surface area contributed by atoms with Gasteiger partial charge in [-0.25, -0.2) is 0 Å². The minimum absolute atomic E-state index is 0.0686. The lowest BCUT2D eigenvalue weighted by Gasteiger charge is -2.11. The molecule has 100 valence electrons. The molecule has 18 heavy (non-hydrogen) atoms. The Morgan fingerprint density at radius 3 is 2.89 bits per heavy atom. The maximum absolute atomic E-state index is 11.6. The highest BCUT2D eigenvalue weighted by Gasteiger charge is 2.07. The number of amides is 1. The largest absolute Gasteiger partial charge is 0.389 e. The number of aliphatic hydroxyl groups is 1. The standard InChI is InChI=1S/C13H18BrNO3/c1-18-9-11(16)8-15-13(17)7-6-10-4-2-3-5-12(10)14/h2-5,11,16H,6-9H2,1H3,(H,15,17). The highest BCUT2D eigenvalue weighted by atomic mass is 79.9. The molecular weight excluding hydrogens is 298 g/mol. The molecule has 1 atom stereocenters. The van der Waals surface area contributed by atoms with Crippen molar-refractivity contribution in [3.8, 4) is 0 Å². The van der Waals surface area contributed by atoms with Crippen LogP contribution in [0.3, 0.4) is 0 Å². The summed E-state index contributed by atoms with van der Waals surface area (Å²) in [6.45, 7) is 0.452. The minimum atomic E-state index is -0.651. The van der Waals surface area contributed by atoms with E-state index in [0.29, 0.717) is 12.8 Å². The quantitative estimate of drug-likeness (QED) is 0.802. The van der Waals surface area contributed by atoms with Gasteiger partial charge >= 0.3 is 0 Å². The van der Waals surface area contributed by atoms with Crippen molar-refractivity contribution in [2.24, 2.45) is 0 Å². The maximum atomic E-state index is 11.6. The van der Waals surface area contributed by atoms with Crippen molar-refractivity contribution in [1.29, 1.82) is 0 Å². The second kappa shape index (κ2) is 8.24. The Kier molecular flexibility index (Phi) is 6.93. The zero-order valence-electron chi connectivity index (χ0n) is 10.4.